The van der Waals surface area contributed by atoms with Crippen LogP contribution in [0.3, 0.4) is 0 Å². The number of aromatic nitrogens is 3. The van der Waals surface area contributed by atoms with E-state index in [1.807, 2.05) is 6.07 Å². The first-order valence-electron chi connectivity index (χ1n) is 9.21. The molecule has 4 rings (SSSR count). The summed E-state index contributed by atoms with van der Waals surface area (Å²) in [5.41, 5.74) is 2.16. The molecule has 30 heavy (non-hydrogen) atoms. The summed E-state index contributed by atoms with van der Waals surface area (Å²) < 4.78 is 16.4. The zero-order chi connectivity index (χ0) is 21.1. The Kier molecular flexibility index (Phi) is 5.22. The van der Waals surface area contributed by atoms with E-state index >= 15 is 0 Å². The molecule has 1 N–H and O–H groups in total. The number of ether oxygens (including phenoxy) is 3. The van der Waals surface area contributed by atoms with Gasteiger partial charge in [0.05, 0.1) is 38.6 Å². The number of benzene rings is 1. The summed E-state index contributed by atoms with van der Waals surface area (Å²) >= 11 is 0. The van der Waals surface area contributed by atoms with E-state index in [0.717, 1.165) is 5.56 Å². The summed E-state index contributed by atoms with van der Waals surface area (Å²) in [6, 6.07) is 12.4. The summed E-state index contributed by atoms with van der Waals surface area (Å²) in [4.78, 5) is 18.5. The molecule has 0 atom stereocenters. The van der Waals surface area contributed by atoms with Crippen molar-refractivity contribution >= 4 is 5.91 Å². The number of hydrogen-bond donors (Lipinski definition) is 1. The molecule has 1 saturated heterocycles. The van der Waals surface area contributed by atoms with Gasteiger partial charge in [0.25, 0.3) is 5.91 Å². The number of nitrogens with one attached hydrogen (secondary N) is 1. The van der Waals surface area contributed by atoms with Crippen LogP contribution in [0.15, 0.2) is 42.6 Å². The second kappa shape index (κ2) is 8.13. The zero-order valence-corrected chi connectivity index (χ0v) is 16.5. The van der Waals surface area contributed by atoms with Crippen LogP contribution < -0.4 is 14.2 Å². The van der Waals surface area contributed by atoms with Crippen molar-refractivity contribution in [3.63, 3.8) is 0 Å². The SMILES string of the molecule is COc1ccc(OC)c(-c2cc(C(=O)N3CC(Oc4ccc(C#N)cn4)C3)[nH]n2)c1. The van der Waals surface area contributed by atoms with Crippen LogP contribution in [0.5, 0.6) is 17.4 Å². The number of aromatic amines is 1. The first-order valence-corrected chi connectivity index (χ1v) is 9.21. The van der Waals surface area contributed by atoms with Gasteiger partial charge in [-0.15, -0.1) is 0 Å². The molecule has 152 valence electrons. The van der Waals surface area contributed by atoms with E-state index in [9.17, 15) is 4.79 Å². The van der Waals surface area contributed by atoms with Gasteiger partial charge < -0.3 is 19.1 Å². The quantitative estimate of drug-likeness (QED) is 0.669. The number of hydrogen-bond acceptors (Lipinski definition) is 7. The van der Waals surface area contributed by atoms with Gasteiger partial charge in [-0.3, -0.25) is 9.89 Å². The maximum atomic E-state index is 12.7. The van der Waals surface area contributed by atoms with Gasteiger partial charge in [-0.05, 0) is 30.3 Å². The molecule has 9 nitrogen and oxygen atoms in total. The lowest BCUT2D eigenvalue weighted by Gasteiger charge is -2.38. The van der Waals surface area contributed by atoms with E-state index in [2.05, 4.69) is 15.2 Å². The summed E-state index contributed by atoms with van der Waals surface area (Å²) in [7, 11) is 3.16. The standard InChI is InChI=1S/C21H19N5O4/c1-28-14-4-5-19(29-2)16(7-14)17-8-18(25-24-17)21(27)26-11-15(12-26)30-20-6-3-13(9-22)10-23-20/h3-8,10,15H,11-12H2,1-2H3,(H,24,25). The number of amides is 1. The van der Waals surface area contributed by atoms with Crippen LogP contribution in [0, 0.1) is 11.3 Å². The molecule has 1 fully saturated rings. The van der Waals surface area contributed by atoms with Crippen molar-refractivity contribution in [3.8, 4) is 34.7 Å². The first kappa shape index (κ1) is 19.3. The molecule has 0 saturated carbocycles. The summed E-state index contributed by atoms with van der Waals surface area (Å²) in [5, 5.41) is 15.9. The molecule has 0 spiro atoms. The van der Waals surface area contributed by atoms with Crippen LogP contribution in [0.4, 0.5) is 0 Å². The van der Waals surface area contributed by atoms with Gasteiger partial charge >= 0.3 is 0 Å². The van der Waals surface area contributed by atoms with E-state index < -0.39 is 0 Å². The Hall–Kier alpha value is -4.06. The maximum Gasteiger partial charge on any atom is 0.272 e. The van der Waals surface area contributed by atoms with Gasteiger partial charge in [0.1, 0.15) is 29.4 Å². The summed E-state index contributed by atoms with van der Waals surface area (Å²) in [6.07, 6.45) is 1.31. The van der Waals surface area contributed by atoms with Gasteiger partial charge in [-0.1, -0.05) is 0 Å². The fraction of sp³-hybridized carbons (Fsp3) is 0.238. The highest BCUT2D eigenvalue weighted by molar-refractivity contribution is 5.94. The Labute approximate surface area is 172 Å². The van der Waals surface area contributed by atoms with Gasteiger partial charge in [0, 0.05) is 17.8 Å². The Bertz CT molecular complexity index is 1100. The van der Waals surface area contributed by atoms with Gasteiger partial charge in [-0.2, -0.15) is 10.4 Å². The molecule has 3 heterocycles. The van der Waals surface area contributed by atoms with Crippen molar-refractivity contribution in [2.45, 2.75) is 6.10 Å². The second-order valence-electron chi connectivity index (χ2n) is 6.68. The first-order chi connectivity index (χ1) is 14.6. The van der Waals surface area contributed by atoms with Crippen LogP contribution in [0.2, 0.25) is 0 Å². The van der Waals surface area contributed by atoms with Crippen molar-refractivity contribution in [2.24, 2.45) is 0 Å². The third kappa shape index (κ3) is 3.75. The van der Waals surface area contributed by atoms with Crippen molar-refractivity contribution in [3.05, 3.63) is 53.9 Å². The normalized spacial score (nSPS) is 13.3. The van der Waals surface area contributed by atoms with E-state index in [1.165, 1.54) is 6.20 Å². The lowest BCUT2D eigenvalue weighted by molar-refractivity contribution is 0.0156. The Morgan fingerprint density at radius 3 is 2.70 bits per heavy atom. The number of methoxy groups -OCH3 is 2. The largest absolute Gasteiger partial charge is 0.497 e. The smallest absolute Gasteiger partial charge is 0.272 e. The molecule has 3 aromatic rings. The zero-order valence-electron chi connectivity index (χ0n) is 16.5. The fourth-order valence-electron chi connectivity index (χ4n) is 3.12. The Balaban J connectivity index is 1.40. The van der Waals surface area contributed by atoms with Crippen molar-refractivity contribution in [1.82, 2.24) is 20.1 Å². The molecular formula is C21H19N5O4. The molecule has 1 aliphatic rings. The highest BCUT2D eigenvalue weighted by Crippen LogP contribution is 2.32. The van der Waals surface area contributed by atoms with Crippen molar-refractivity contribution in [2.75, 3.05) is 27.3 Å². The fourth-order valence-corrected chi connectivity index (χ4v) is 3.12. The number of H-pyrrole nitrogens is 1. The lowest BCUT2D eigenvalue weighted by atomic mass is 10.1. The molecule has 0 unspecified atom stereocenters. The number of pyridine rings is 1. The minimum Gasteiger partial charge on any atom is -0.497 e. The maximum absolute atomic E-state index is 12.7. The molecule has 1 aliphatic heterocycles. The van der Waals surface area contributed by atoms with Crippen LogP contribution in [-0.4, -0.2) is 59.4 Å². The van der Waals surface area contributed by atoms with Crippen molar-refractivity contribution in [1.29, 1.82) is 5.26 Å². The average molecular weight is 405 g/mol. The number of carbonyl (C=O) groups excluding carboxylic acids is 1. The third-order valence-electron chi connectivity index (χ3n) is 4.78. The summed E-state index contributed by atoms with van der Waals surface area (Å²) in [5.74, 6) is 1.57. The number of nitriles is 1. The number of rotatable bonds is 6. The Morgan fingerprint density at radius 2 is 2.03 bits per heavy atom. The summed E-state index contributed by atoms with van der Waals surface area (Å²) in [6.45, 7) is 0.884. The van der Waals surface area contributed by atoms with Crippen LogP contribution in [0.25, 0.3) is 11.3 Å². The molecule has 1 amide bonds. The Morgan fingerprint density at radius 1 is 1.20 bits per heavy atom. The monoisotopic (exact) mass is 405 g/mol. The molecule has 9 heteroatoms. The molecule has 0 aliphatic carbocycles. The minimum absolute atomic E-state index is 0.143. The molecule has 0 radical (unpaired) electrons. The predicted octanol–water partition coefficient (Wildman–Crippen LogP) is 2.26. The lowest BCUT2D eigenvalue weighted by Crippen LogP contribution is -2.56. The van der Waals surface area contributed by atoms with E-state index in [-0.39, 0.29) is 12.0 Å². The van der Waals surface area contributed by atoms with E-state index in [0.29, 0.717) is 47.4 Å². The number of likely N-dealkylation sites (tertiary alicyclic amines) is 1. The average Bonchev–Trinajstić information content (AvgIpc) is 3.25. The highest BCUT2D eigenvalue weighted by Gasteiger charge is 2.34. The minimum atomic E-state index is -0.164. The van der Waals surface area contributed by atoms with E-state index in [4.69, 9.17) is 19.5 Å². The van der Waals surface area contributed by atoms with Crippen LogP contribution in [0.1, 0.15) is 16.1 Å². The van der Waals surface area contributed by atoms with Gasteiger partial charge in [0.15, 0.2) is 0 Å². The van der Waals surface area contributed by atoms with Crippen LogP contribution in [-0.2, 0) is 0 Å². The molecule has 0 bridgehead atoms. The topological polar surface area (TPSA) is 113 Å². The number of nitrogens with zero attached hydrogens (tertiary/aromatic N) is 4. The second-order valence-corrected chi connectivity index (χ2v) is 6.68. The van der Waals surface area contributed by atoms with Crippen LogP contribution >= 0.6 is 0 Å². The highest BCUT2D eigenvalue weighted by atomic mass is 16.5. The number of carbonyl (C=O) groups is 1. The molecule has 1 aromatic carbocycles. The van der Waals surface area contributed by atoms with Gasteiger partial charge in [-0.25, -0.2) is 4.98 Å². The van der Waals surface area contributed by atoms with Crippen molar-refractivity contribution < 1.29 is 19.0 Å². The molecule has 2 aromatic heterocycles. The predicted molar refractivity (Wildman–Crippen MR) is 106 cm³/mol. The van der Waals surface area contributed by atoms with E-state index in [1.54, 1.807) is 55.5 Å². The molecular weight excluding hydrogens is 386 g/mol. The third-order valence-corrected chi connectivity index (χ3v) is 4.78. The van der Waals surface area contributed by atoms with Gasteiger partial charge in [0.2, 0.25) is 5.88 Å².